The lowest BCUT2D eigenvalue weighted by Gasteiger charge is -2.14. The van der Waals surface area contributed by atoms with Crippen molar-refractivity contribution in [2.45, 2.75) is 13.0 Å². The molecule has 1 unspecified atom stereocenters. The van der Waals surface area contributed by atoms with Crippen LogP contribution >= 0.6 is 11.3 Å². The van der Waals surface area contributed by atoms with Crippen LogP contribution in [0.25, 0.3) is 10.6 Å². The first-order chi connectivity index (χ1) is 9.62. The van der Waals surface area contributed by atoms with Crippen molar-refractivity contribution in [1.82, 2.24) is 4.98 Å². The van der Waals surface area contributed by atoms with Crippen LogP contribution in [0.4, 0.5) is 0 Å². The maximum Gasteiger partial charge on any atom is 0.204 e. The fourth-order valence-electron chi connectivity index (χ4n) is 1.89. The summed E-state index contributed by atoms with van der Waals surface area (Å²) in [6.07, 6.45) is 0. The fourth-order valence-corrected chi connectivity index (χ4v) is 2.83. The van der Waals surface area contributed by atoms with Crippen molar-refractivity contribution in [2.75, 3.05) is 21.3 Å². The Morgan fingerprint density at radius 3 is 2.30 bits per heavy atom. The number of nitrogens with zero attached hydrogens (tertiary/aromatic N) is 1. The highest BCUT2D eigenvalue weighted by atomic mass is 32.1. The molecule has 0 saturated carbocycles. The highest BCUT2D eigenvalue weighted by molar-refractivity contribution is 7.13. The van der Waals surface area contributed by atoms with Crippen LogP contribution < -0.4 is 19.9 Å². The minimum Gasteiger partial charge on any atom is -0.493 e. The van der Waals surface area contributed by atoms with Gasteiger partial charge in [-0.15, -0.1) is 11.3 Å². The molecule has 0 amide bonds. The quantitative estimate of drug-likeness (QED) is 0.918. The van der Waals surface area contributed by atoms with Crippen molar-refractivity contribution in [2.24, 2.45) is 5.73 Å². The van der Waals surface area contributed by atoms with Gasteiger partial charge in [-0.1, -0.05) is 0 Å². The summed E-state index contributed by atoms with van der Waals surface area (Å²) in [5, 5.41) is 2.80. The van der Waals surface area contributed by atoms with Crippen molar-refractivity contribution < 1.29 is 14.2 Å². The van der Waals surface area contributed by atoms with Gasteiger partial charge in [0, 0.05) is 11.4 Å². The number of hydrogen-bond donors (Lipinski definition) is 1. The maximum atomic E-state index is 5.85. The largest absolute Gasteiger partial charge is 0.493 e. The molecule has 2 rings (SSSR count). The van der Waals surface area contributed by atoms with E-state index in [1.165, 1.54) is 11.3 Å². The number of aromatic nitrogens is 1. The normalized spacial score (nSPS) is 12.1. The van der Waals surface area contributed by atoms with Gasteiger partial charge in [-0.05, 0) is 19.1 Å². The van der Waals surface area contributed by atoms with E-state index in [0.717, 1.165) is 16.3 Å². The molecule has 1 aromatic carbocycles. The molecule has 0 aliphatic carbocycles. The number of nitrogens with two attached hydrogens (primary N) is 1. The van der Waals surface area contributed by atoms with Crippen molar-refractivity contribution in [3.05, 3.63) is 23.2 Å². The number of hydrogen-bond acceptors (Lipinski definition) is 6. The smallest absolute Gasteiger partial charge is 0.204 e. The first-order valence-corrected chi connectivity index (χ1v) is 7.00. The van der Waals surface area contributed by atoms with E-state index >= 15 is 0 Å². The van der Waals surface area contributed by atoms with Crippen LogP contribution in [0.15, 0.2) is 17.5 Å². The molecule has 20 heavy (non-hydrogen) atoms. The molecule has 108 valence electrons. The zero-order valence-corrected chi connectivity index (χ0v) is 12.8. The Hall–Kier alpha value is -1.79. The van der Waals surface area contributed by atoms with Crippen LogP contribution in [0.5, 0.6) is 17.2 Å². The summed E-state index contributed by atoms with van der Waals surface area (Å²) >= 11 is 1.53. The number of ether oxygens (including phenoxy) is 3. The predicted octanol–water partition coefficient (Wildman–Crippen LogP) is 2.86. The van der Waals surface area contributed by atoms with Crippen LogP contribution in [0, 0.1) is 0 Å². The van der Waals surface area contributed by atoms with Crippen LogP contribution in [0.2, 0.25) is 0 Å². The third-order valence-corrected chi connectivity index (χ3v) is 3.82. The summed E-state index contributed by atoms with van der Waals surface area (Å²) in [6.45, 7) is 1.91. The van der Waals surface area contributed by atoms with Gasteiger partial charge in [-0.25, -0.2) is 4.98 Å². The summed E-state index contributed by atoms with van der Waals surface area (Å²) < 4.78 is 16.1. The van der Waals surface area contributed by atoms with E-state index in [1.807, 2.05) is 24.4 Å². The number of methoxy groups -OCH3 is 3. The molecule has 0 aliphatic heterocycles. The van der Waals surface area contributed by atoms with Crippen LogP contribution in [0.3, 0.4) is 0 Å². The van der Waals surface area contributed by atoms with Gasteiger partial charge in [0.25, 0.3) is 0 Å². The second kappa shape index (κ2) is 6.11. The monoisotopic (exact) mass is 294 g/mol. The highest BCUT2D eigenvalue weighted by Crippen LogP contribution is 2.44. The van der Waals surface area contributed by atoms with Gasteiger partial charge < -0.3 is 19.9 Å². The SMILES string of the molecule is COc1ccc(-c2nc(C(C)N)cs2)c(OC)c1OC. The van der Waals surface area contributed by atoms with Gasteiger partial charge in [0.2, 0.25) is 5.75 Å². The van der Waals surface area contributed by atoms with Gasteiger partial charge in [0.05, 0.1) is 32.6 Å². The minimum atomic E-state index is -0.0915. The molecule has 0 bridgehead atoms. The molecule has 1 heterocycles. The Morgan fingerprint density at radius 2 is 1.80 bits per heavy atom. The van der Waals surface area contributed by atoms with Crippen LogP contribution in [0.1, 0.15) is 18.7 Å². The Kier molecular flexibility index (Phi) is 4.46. The van der Waals surface area contributed by atoms with E-state index in [9.17, 15) is 0 Å². The second-order valence-corrected chi connectivity index (χ2v) is 5.11. The molecule has 6 heteroatoms. The van der Waals surface area contributed by atoms with Crippen molar-refractivity contribution in [3.63, 3.8) is 0 Å². The Bertz CT molecular complexity index is 596. The first-order valence-electron chi connectivity index (χ1n) is 6.12. The summed E-state index contributed by atoms with van der Waals surface area (Å²) in [4.78, 5) is 4.54. The Balaban J connectivity index is 2.55. The molecule has 0 saturated heterocycles. The topological polar surface area (TPSA) is 66.6 Å². The van der Waals surface area contributed by atoms with E-state index in [4.69, 9.17) is 19.9 Å². The minimum absolute atomic E-state index is 0.0915. The van der Waals surface area contributed by atoms with Gasteiger partial charge in [-0.3, -0.25) is 0 Å². The molecular formula is C14H18N2O3S. The first kappa shape index (κ1) is 14.6. The lowest BCUT2D eigenvalue weighted by atomic mass is 10.1. The molecule has 0 radical (unpaired) electrons. The number of thiazole rings is 1. The van der Waals surface area contributed by atoms with Gasteiger partial charge in [0.1, 0.15) is 5.01 Å². The zero-order chi connectivity index (χ0) is 14.7. The number of rotatable bonds is 5. The lowest BCUT2D eigenvalue weighted by Crippen LogP contribution is -2.05. The molecule has 1 atom stereocenters. The molecule has 2 aromatic rings. The Labute approximate surface area is 122 Å². The molecule has 2 N–H and O–H groups in total. The third-order valence-electron chi connectivity index (χ3n) is 2.92. The van der Waals surface area contributed by atoms with Crippen LogP contribution in [-0.4, -0.2) is 26.3 Å². The van der Waals surface area contributed by atoms with E-state index < -0.39 is 0 Å². The third kappa shape index (κ3) is 2.57. The molecular weight excluding hydrogens is 276 g/mol. The number of benzene rings is 1. The Morgan fingerprint density at radius 1 is 1.10 bits per heavy atom. The average Bonchev–Trinajstić information content (AvgIpc) is 2.95. The molecule has 0 aliphatic rings. The average molecular weight is 294 g/mol. The summed E-state index contributed by atoms with van der Waals surface area (Å²) in [7, 11) is 4.77. The van der Waals surface area contributed by atoms with E-state index in [1.54, 1.807) is 21.3 Å². The van der Waals surface area contributed by atoms with Gasteiger partial charge in [-0.2, -0.15) is 0 Å². The summed E-state index contributed by atoms with van der Waals surface area (Å²) in [5.41, 5.74) is 7.57. The van der Waals surface area contributed by atoms with E-state index in [0.29, 0.717) is 17.2 Å². The standard InChI is InChI=1S/C14H18N2O3S/c1-8(15)10-7-20-14(16-10)9-5-6-11(17-2)13(19-4)12(9)18-3/h5-8H,15H2,1-4H3. The van der Waals surface area contributed by atoms with Crippen LogP contribution in [-0.2, 0) is 0 Å². The van der Waals surface area contributed by atoms with Gasteiger partial charge >= 0.3 is 0 Å². The summed E-state index contributed by atoms with van der Waals surface area (Å²) in [5.74, 6) is 1.79. The molecule has 1 aromatic heterocycles. The summed E-state index contributed by atoms with van der Waals surface area (Å²) in [6, 6.07) is 3.65. The second-order valence-electron chi connectivity index (χ2n) is 4.25. The van der Waals surface area contributed by atoms with Gasteiger partial charge in [0.15, 0.2) is 11.5 Å². The fraction of sp³-hybridized carbons (Fsp3) is 0.357. The van der Waals surface area contributed by atoms with E-state index in [2.05, 4.69) is 4.98 Å². The van der Waals surface area contributed by atoms with Crippen molar-refractivity contribution in [3.8, 4) is 27.8 Å². The molecule has 0 fully saturated rings. The van der Waals surface area contributed by atoms with Crippen molar-refractivity contribution >= 4 is 11.3 Å². The van der Waals surface area contributed by atoms with E-state index in [-0.39, 0.29) is 6.04 Å². The maximum absolute atomic E-state index is 5.85. The predicted molar refractivity (Wildman–Crippen MR) is 79.8 cm³/mol. The molecule has 0 spiro atoms. The highest BCUT2D eigenvalue weighted by Gasteiger charge is 2.19. The lowest BCUT2D eigenvalue weighted by molar-refractivity contribution is 0.325. The zero-order valence-electron chi connectivity index (χ0n) is 12.0. The van der Waals surface area contributed by atoms with Crippen molar-refractivity contribution in [1.29, 1.82) is 0 Å². The molecule has 5 nitrogen and oxygen atoms in total.